The maximum absolute atomic E-state index is 12.1. The van der Waals surface area contributed by atoms with Crippen molar-refractivity contribution in [3.05, 3.63) is 18.2 Å². The van der Waals surface area contributed by atoms with E-state index in [0.29, 0.717) is 29.5 Å². The van der Waals surface area contributed by atoms with E-state index in [-0.39, 0.29) is 24.2 Å². The molecule has 1 saturated heterocycles. The lowest BCUT2D eigenvalue weighted by molar-refractivity contribution is -0.116. The van der Waals surface area contributed by atoms with E-state index in [1.165, 1.54) is 14.0 Å². The van der Waals surface area contributed by atoms with Crippen LogP contribution in [0.1, 0.15) is 32.6 Å². The third-order valence-corrected chi connectivity index (χ3v) is 4.03. The smallest absolute Gasteiger partial charge is 0.224 e. The minimum absolute atomic E-state index is 0. The fourth-order valence-corrected chi connectivity index (χ4v) is 2.79. The van der Waals surface area contributed by atoms with Crippen LogP contribution in [0.3, 0.4) is 0 Å². The number of amides is 2. The highest BCUT2D eigenvalue weighted by Gasteiger charge is 2.15. The molecule has 2 rings (SSSR count). The molecule has 1 heterocycles. The highest BCUT2D eigenvalue weighted by Crippen LogP contribution is 2.28. The monoisotopic (exact) mass is 355 g/mol. The number of hydrogen-bond acceptors (Lipinski definition) is 4. The molecule has 1 fully saturated rings. The second-order valence-electron chi connectivity index (χ2n) is 5.88. The third-order valence-electron chi connectivity index (χ3n) is 4.03. The summed E-state index contributed by atoms with van der Waals surface area (Å²) in [6.45, 7) is 3.54. The van der Waals surface area contributed by atoms with Gasteiger partial charge in [0, 0.05) is 25.1 Å². The molecule has 0 unspecified atom stereocenters. The van der Waals surface area contributed by atoms with Gasteiger partial charge in [0.15, 0.2) is 0 Å². The molecule has 0 atom stereocenters. The van der Waals surface area contributed by atoms with Gasteiger partial charge in [0.1, 0.15) is 5.75 Å². The van der Waals surface area contributed by atoms with Crippen LogP contribution in [0.5, 0.6) is 5.75 Å². The number of carbonyl (C=O) groups excluding carboxylic acids is 2. The lowest BCUT2D eigenvalue weighted by Crippen LogP contribution is -2.28. The quantitative estimate of drug-likeness (QED) is 0.733. The summed E-state index contributed by atoms with van der Waals surface area (Å²) >= 11 is 0. The number of hydrogen-bond donors (Lipinski definition) is 3. The Morgan fingerprint density at radius 3 is 2.58 bits per heavy atom. The van der Waals surface area contributed by atoms with Crippen molar-refractivity contribution in [2.45, 2.75) is 32.6 Å². The molecule has 0 radical (unpaired) electrons. The molecular weight excluding hydrogens is 330 g/mol. The number of benzene rings is 1. The molecule has 134 valence electrons. The Bertz CT molecular complexity index is 560. The van der Waals surface area contributed by atoms with E-state index < -0.39 is 0 Å². The minimum atomic E-state index is -0.165. The van der Waals surface area contributed by atoms with E-state index in [1.807, 2.05) is 0 Å². The zero-order valence-electron chi connectivity index (χ0n) is 14.2. The van der Waals surface area contributed by atoms with E-state index in [2.05, 4.69) is 16.0 Å². The average Bonchev–Trinajstić information content (AvgIpc) is 2.55. The maximum Gasteiger partial charge on any atom is 0.224 e. The predicted molar refractivity (Wildman–Crippen MR) is 98.0 cm³/mol. The fourth-order valence-electron chi connectivity index (χ4n) is 2.79. The van der Waals surface area contributed by atoms with Gasteiger partial charge in [0.2, 0.25) is 11.8 Å². The van der Waals surface area contributed by atoms with E-state index in [1.54, 1.807) is 18.2 Å². The molecule has 1 aromatic carbocycles. The molecular formula is C17H26ClN3O3. The Labute approximate surface area is 149 Å². The molecule has 0 aromatic heterocycles. The van der Waals surface area contributed by atoms with Crippen LogP contribution in [0, 0.1) is 5.92 Å². The van der Waals surface area contributed by atoms with Gasteiger partial charge in [-0.05, 0) is 50.4 Å². The number of carbonyl (C=O) groups is 2. The Morgan fingerprint density at radius 2 is 1.96 bits per heavy atom. The van der Waals surface area contributed by atoms with E-state index in [9.17, 15) is 9.59 Å². The van der Waals surface area contributed by atoms with Gasteiger partial charge in [-0.2, -0.15) is 0 Å². The molecule has 0 spiro atoms. The SMILES string of the molecule is COc1cc(NC(=O)CCC2CCNCC2)ccc1NC(C)=O.Cl. The number of ether oxygens (including phenoxy) is 1. The van der Waals surface area contributed by atoms with Crippen LogP contribution in [-0.4, -0.2) is 32.0 Å². The first-order chi connectivity index (χ1) is 11.1. The molecule has 2 amide bonds. The van der Waals surface area contributed by atoms with Crippen LogP contribution in [-0.2, 0) is 9.59 Å². The summed E-state index contributed by atoms with van der Waals surface area (Å²) in [6, 6.07) is 5.20. The first-order valence-corrected chi connectivity index (χ1v) is 8.04. The zero-order chi connectivity index (χ0) is 16.7. The van der Waals surface area contributed by atoms with E-state index in [4.69, 9.17) is 4.74 Å². The van der Waals surface area contributed by atoms with Gasteiger partial charge < -0.3 is 20.7 Å². The van der Waals surface area contributed by atoms with Crippen LogP contribution in [0.4, 0.5) is 11.4 Å². The number of rotatable bonds is 6. The van der Waals surface area contributed by atoms with Crippen molar-refractivity contribution >= 4 is 35.6 Å². The van der Waals surface area contributed by atoms with Crippen LogP contribution in [0.15, 0.2) is 18.2 Å². The van der Waals surface area contributed by atoms with Crippen molar-refractivity contribution in [1.82, 2.24) is 5.32 Å². The van der Waals surface area contributed by atoms with Gasteiger partial charge in [0.05, 0.1) is 12.8 Å². The Morgan fingerprint density at radius 1 is 1.25 bits per heavy atom. The summed E-state index contributed by atoms with van der Waals surface area (Å²) in [5.41, 5.74) is 1.26. The van der Waals surface area contributed by atoms with Crippen LogP contribution >= 0.6 is 12.4 Å². The van der Waals surface area contributed by atoms with Gasteiger partial charge in [-0.15, -0.1) is 12.4 Å². The zero-order valence-corrected chi connectivity index (χ0v) is 15.0. The number of halogens is 1. The summed E-state index contributed by atoms with van der Waals surface area (Å²) in [4.78, 5) is 23.2. The lowest BCUT2D eigenvalue weighted by atomic mass is 9.93. The summed E-state index contributed by atoms with van der Waals surface area (Å²) < 4.78 is 5.25. The number of piperidine rings is 1. The highest BCUT2D eigenvalue weighted by molar-refractivity contribution is 5.93. The topological polar surface area (TPSA) is 79.5 Å². The normalized spacial score (nSPS) is 14.4. The first kappa shape index (κ1) is 20.3. The molecule has 0 aliphatic carbocycles. The summed E-state index contributed by atoms with van der Waals surface area (Å²) in [5.74, 6) is 1.01. The molecule has 24 heavy (non-hydrogen) atoms. The van der Waals surface area contributed by atoms with Crippen LogP contribution in [0.25, 0.3) is 0 Å². The van der Waals surface area contributed by atoms with Crippen molar-refractivity contribution in [2.75, 3.05) is 30.8 Å². The summed E-state index contributed by atoms with van der Waals surface area (Å²) in [5, 5.41) is 8.91. The van der Waals surface area contributed by atoms with E-state index >= 15 is 0 Å². The molecule has 6 nitrogen and oxygen atoms in total. The molecule has 1 aromatic rings. The Kier molecular flexibility index (Phi) is 8.57. The van der Waals surface area contributed by atoms with Crippen LogP contribution in [0.2, 0.25) is 0 Å². The maximum atomic E-state index is 12.1. The molecule has 3 N–H and O–H groups in total. The standard InChI is InChI=1S/C17H25N3O3.ClH/c1-12(21)19-15-5-4-14(11-16(15)23-2)20-17(22)6-3-13-7-9-18-10-8-13;/h4-5,11,13,18H,3,6-10H2,1-2H3,(H,19,21)(H,20,22);1H. The van der Waals surface area contributed by atoms with Gasteiger partial charge >= 0.3 is 0 Å². The predicted octanol–water partition coefficient (Wildman–Crippen LogP) is 2.79. The second-order valence-corrected chi connectivity index (χ2v) is 5.88. The first-order valence-electron chi connectivity index (χ1n) is 8.04. The second kappa shape index (κ2) is 10.2. The summed E-state index contributed by atoms with van der Waals surface area (Å²) in [7, 11) is 1.53. The van der Waals surface area contributed by atoms with Crippen molar-refractivity contribution in [1.29, 1.82) is 0 Å². The van der Waals surface area contributed by atoms with Gasteiger partial charge in [0.25, 0.3) is 0 Å². The van der Waals surface area contributed by atoms with Crippen molar-refractivity contribution in [2.24, 2.45) is 5.92 Å². The molecule has 0 saturated carbocycles. The average molecular weight is 356 g/mol. The van der Waals surface area contributed by atoms with Crippen molar-refractivity contribution < 1.29 is 14.3 Å². The molecule has 1 aliphatic rings. The Balaban J connectivity index is 0.00000288. The van der Waals surface area contributed by atoms with Crippen molar-refractivity contribution in [3.63, 3.8) is 0 Å². The number of anilines is 2. The Hall–Kier alpha value is -1.79. The summed E-state index contributed by atoms with van der Waals surface area (Å²) in [6.07, 6.45) is 3.74. The van der Waals surface area contributed by atoms with Gasteiger partial charge in [-0.25, -0.2) is 0 Å². The minimum Gasteiger partial charge on any atom is -0.494 e. The van der Waals surface area contributed by atoms with Crippen LogP contribution < -0.4 is 20.7 Å². The lowest BCUT2D eigenvalue weighted by Gasteiger charge is -2.22. The van der Waals surface area contributed by atoms with Crippen molar-refractivity contribution in [3.8, 4) is 5.75 Å². The fraction of sp³-hybridized carbons (Fsp3) is 0.529. The van der Waals surface area contributed by atoms with Gasteiger partial charge in [-0.1, -0.05) is 0 Å². The largest absolute Gasteiger partial charge is 0.494 e. The number of methoxy groups -OCH3 is 1. The molecule has 7 heteroatoms. The third kappa shape index (κ3) is 6.37. The van der Waals surface area contributed by atoms with Gasteiger partial charge in [-0.3, -0.25) is 9.59 Å². The molecule has 0 bridgehead atoms. The molecule has 1 aliphatic heterocycles. The highest BCUT2D eigenvalue weighted by atomic mass is 35.5. The van der Waals surface area contributed by atoms with E-state index in [0.717, 1.165) is 32.4 Å². The number of nitrogens with one attached hydrogen (secondary N) is 3.